The molecule has 5 nitrogen and oxygen atoms in total. The number of hydrogen-bond donors (Lipinski definition) is 0. The Morgan fingerprint density at radius 2 is 1.72 bits per heavy atom. The number of halogens is 2. The standard InChI is InChI=1S/C18H17Cl2NO4/c1-21(10-12-3-8-15(19)16(20)9-12)17(22)11-25-14-6-4-13(5-7-14)18(23)24-2/h3-9H,10-11H2,1-2H3. The molecule has 0 N–H and O–H groups in total. The number of ether oxygens (including phenoxy) is 2. The average Bonchev–Trinajstić information content (AvgIpc) is 2.62. The number of methoxy groups -OCH3 is 1. The maximum absolute atomic E-state index is 12.2. The van der Waals surface area contributed by atoms with Crippen LogP contribution in [0.4, 0.5) is 0 Å². The second-order valence-electron chi connectivity index (χ2n) is 5.30. The van der Waals surface area contributed by atoms with Crippen LogP contribution in [0.5, 0.6) is 5.75 Å². The van der Waals surface area contributed by atoms with E-state index in [2.05, 4.69) is 4.74 Å². The van der Waals surface area contributed by atoms with Gasteiger partial charge in [-0.25, -0.2) is 4.79 Å². The summed E-state index contributed by atoms with van der Waals surface area (Å²) in [6.07, 6.45) is 0. The van der Waals surface area contributed by atoms with Crippen molar-refractivity contribution in [1.82, 2.24) is 4.90 Å². The number of rotatable bonds is 6. The number of hydrogen-bond acceptors (Lipinski definition) is 4. The number of nitrogens with zero attached hydrogens (tertiary/aromatic N) is 1. The van der Waals surface area contributed by atoms with E-state index in [-0.39, 0.29) is 12.5 Å². The SMILES string of the molecule is COC(=O)c1ccc(OCC(=O)N(C)Cc2ccc(Cl)c(Cl)c2)cc1. The molecule has 0 saturated heterocycles. The van der Waals surface area contributed by atoms with Crippen LogP contribution >= 0.6 is 23.2 Å². The molecule has 2 aromatic carbocycles. The summed E-state index contributed by atoms with van der Waals surface area (Å²) in [5, 5.41) is 0.917. The van der Waals surface area contributed by atoms with Crippen LogP contribution in [0.1, 0.15) is 15.9 Å². The van der Waals surface area contributed by atoms with Gasteiger partial charge >= 0.3 is 5.97 Å². The Kier molecular flexibility index (Phi) is 6.67. The molecule has 0 atom stereocenters. The molecule has 2 rings (SSSR count). The molecule has 0 spiro atoms. The fraction of sp³-hybridized carbons (Fsp3) is 0.222. The summed E-state index contributed by atoms with van der Waals surface area (Å²) in [4.78, 5) is 25.0. The molecular weight excluding hydrogens is 365 g/mol. The molecule has 0 aliphatic rings. The minimum atomic E-state index is -0.427. The molecule has 7 heteroatoms. The summed E-state index contributed by atoms with van der Waals surface area (Å²) < 4.78 is 10.1. The summed E-state index contributed by atoms with van der Waals surface area (Å²) in [5.41, 5.74) is 1.28. The predicted octanol–water partition coefficient (Wildman–Crippen LogP) is 3.82. The highest BCUT2D eigenvalue weighted by atomic mass is 35.5. The second kappa shape index (κ2) is 8.74. The third kappa shape index (κ3) is 5.37. The van der Waals surface area contributed by atoms with Crippen LogP contribution in [0.2, 0.25) is 10.0 Å². The van der Waals surface area contributed by atoms with Gasteiger partial charge in [-0.2, -0.15) is 0 Å². The third-order valence-corrected chi connectivity index (χ3v) is 4.21. The van der Waals surface area contributed by atoms with Gasteiger partial charge in [0.1, 0.15) is 5.75 Å². The monoisotopic (exact) mass is 381 g/mol. The summed E-state index contributed by atoms with van der Waals surface area (Å²) in [7, 11) is 2.99. The van der Waals surface area contributed by atoms with Gasteiger partial charge in [0.15, 0.2) is 6.61 Å². The van der Waals surface area contributed by atoms with E-state index < -0.39 is 5.97 Å². The molecule has 0 aliphatic carbocycles. The van der Waals surface area contributed by atoms with E-state index in [1.54, 1.807) is 43.4 Å². The molecule has 25 heavy (non-hydrogen) atoms. The van der Waals surface area contributed by atoms with Crippen LogP contribution < -0.4 is 4.74 Å². The van der Waals surface area contributed by atoms with Gasteiger partial charge in [0, 0.05) is 13.6 Å². The van der Waals surface area contributed by atoms with Gasteiger partial charge in [-0.05, 0) is 42.0 Å². The Labute approximate surface area is 156 Å². The first-order valence-corrected chi connectivity index (χ1v) is 8.15. The van der Waals surface area contributed by atoms with E-state index in [4.69, 9.17) is 27.9 Å². The average molecular weight is 382 g/mol. The van der Waals surface area contributed by atoms with Gasteiger partial charge in [0.25, 0.3) is 5.91 Å². The molecule has 0 radical (unpaired) electrons. The van der Waals surface area contributed by atoms with Crippen molar-refractivity contribution in [2.45, 2.75) is 6.54 Å². The van der Waals surface area contributed by atoms with Gasteiger partial charge in [0.2, 0.25) is 0 Å². The third-order valence-electron chi connectivity index (χ3n) is 3.47. The number of amides is 1. The van der Waals surface area contributed by atoms with E-state index in [1.807, 2.05) is 6.07 Å². The lowest BCUT2D eigenvalue weighted by molar-refractivity contribution is -0.132. The first-order chi connectivity index (χ1) is 11.9. The van der Waals surface area contributed by atoms with Crippen LogP contribution in [0.15, 0.2) is 42.5 Å². The van der Waals surface area contributed by atoms with Crippen molar-refractivity contribution in [3.8, 4) is 5.75 Å². The van der Waals surface area contributed by atoms with Gasteiger partial charge < -0.3 is 14.4 Å². The smallest absolute Gasteiger partial charge is 0.337 e. The minimum Gasteiger partial charge on any atom is -0.484 e. The molecule has 0 saturated carbocycles. The summed E-state index contributed by atoms with van der Waals surface area (Å²) in [6.45, 7) is 0.274. The molecule has 1 amide bonds. The molecule has 0 bridgehead atoms. The van der Waals surface area contributed by atoms with Crippen LogP contribution in [0.25, 0.3) is 0 Å². The predicted molar refractivity (Wildman–Crippen MR) is 96.2 cm³/mol. The first kappa shape index (κ1) is 19.1. The van der Waals surface area contributed by atoms with Crippen molar-refractivity contribution in [2.75, 3.05) is 20.8 Å². The van der Waals surface area contributed by atoms with Gasteiger partial charge in [-0.15, -0.1) is 0 Å². The van der Waals surface area contributed by atoms with E-state index in [1.165, 1.54) is 12.0 Å². The zero-order valence-corrected chi connectivity index (χ0v) is 15.3. The van der Waals surface area contributed by atoms with Crippen molar-refractivity contribution >= 4 is 35.1 Å². The van der Waals surface area contributed by atoms with E-state index in [0.717, 1.165) is 5.56 Å². The zero-order valence-electron chi connectivity index (χ0n) is 13.8. The highest BCUT2D eigenvalue weighted by Gasteiger charge is 2.12. The van der Waals surface area contributed by atoms with Crippen LogP contribution in [-0.4, -0.2) is 37.5 Å². The van der Waals surface area contributed by atoms with Crippen molar-refractivity contribution in [1.29, 1.82) is 0 Å². The lowest BCUT2D eigenvalue weighted by Gasteiger charge is -2.18. The number of carbonyl (C=O) groups is 2. The molecular formula is C18H17Cl2NO4. The van der Waals surface area contributed by atoms with Crippen LogP contribution in [0, 0.1) is 0 Å². The maximum atomic E-state index is 12.2. The molecule has 0 heterocycles. The highest BCUT2D eigenvalue weighted by molar-refractivity contribution is 6.42. The second-order valence-corrected chi connectivity index (χ2v) is 6.12. The van der Waals surface area contributed by atoms with Gasteiger partial charge in [-0.1, -0.05) is 29.3 Å². The normalized spacial score (nSPS) is 10.2. The van der Waals surface area contributed by atoms with E-state index in [0.29, 0.717) is 27.9 Å². The Hall–Kier alpha value is -2.24. The van der Waals surface area contributed by atoms with E-state index >= 15 is 0 Å². The maximum Gasteiger partial charge on any atom is 0.337 e. The highest BCUT2D eigenvalue weighted by Crippen LogP contribution is 2.23. The number of benzene rings is 2. The lowest BCUT2D eigenvalue weighted by atomic mass is 10.2. The number of carbonyl (C=O) groups excluding carboxylic acids is 2. The Balaban J connectivity index is 1.88. The Morgan fingerprint density at radius 3 is 2.32 bits per heavy atom. The van der Waals surface area contributed by atoms with Crippen LogP contribution in [0.3, 0.4) is 0 Å². The molecule has 2 aromatic rings. The van der Waals surface area contributed by atoms with Crippen molar-refractivity contribution in [3.05, 3.63) is 63.6 Å². The Bertz CT molecular complexity index is 762. The quantitative estimate of drug-likeness (QED) is 0.713. The minimum absolute atomic E-state index is 0.116. The summed E-state index contributed by atoms with van der Waals surface area (Å²) >= 11 is 11.8. The van der Waals surface area contributed by atoms with E-state index in [9.17, 15) is 9.59 Å². The number of esters is 1. The van der Waals surface area contributed by atoms with Crippen LogP contribution in [-0.2, 0) is 16.1 Å². The number of likely N-dealkylation sites (N-methyl/N-ethyl adjacent to an activating group) is 1. The zero-order chi connectivity index (χ0) is 18.4. The first-order valence-electron chi connectivity index (χ1n) is 7.39. The largest absolute Gasteiger partial charge is 0.484 e. The topological polar surface area (TPSA) is 55.8 Å². The summed E-state index contributed by atoms with van der Waals surface area (Å²) in [5.74, 6) is -0.129. The van der Waals surface area contributed by atoms with Crippen molar-refractivity contribution < 1.29 is 19.1 Å². The molecule has 0 aliphatic heterocycles. The lowest BCUT2D eigenvalue weighted by Crippen LogP contribution is -2.30. The molecule has 0 aromatic heterocycles. The Morgan fingerprint density at radius 1 is 1.04 bits per heavy atom. The van der Waals surface area contributed by atoms with Gasteiger partial charge in [-0.3, -0.25) is 4.79 Å². The molecule has 0 fully saturated rings. The van der Waals surface area contributed by atoms with Crippen molar-refractivity contribution in [2.24, 2.45) is 0 Å². The fourth-order valence-electron chi connectivity index (χ4n) is 2.06. The molecule has 132 valence electrons. The summed E-state index contributed by atoms with van der Waals surface area (Å²) in [6, 6.07) is 11.6. The van der Waals surface area contributed by atoms with Crippen molar-refractivity contribution in [3.63, 3.8) is 0 Å². The fourth-order valence-corrected chi connectivity index (χ4v) is 2.38. The molecule has 0 unspecified atom stereocenters. The van der Waals surface area contributed by atoms with Gasteiger partial charge in [0.05, 0.1) is 22.7 Å².